The van der Waals surface area contributed by atoms with Gasteiger partial charge in [-0.05, 0) is 47.9 Å². The van der Waals surface area contributed by atoms with Crippen molar-refractivity contribution in [1.82, 2.24) is 0 Å². The van der Waals surface area contributed by atoms with Crippen LogP contribution in [0.1, 0.15) is 54.1 Å². The summed E-state index contributed by atoms with van der Waals surface area (Å²) in [6, 6.07) is 13.6. The lowest BCUT2D eigenvalue weighted by molar-refractivity contribution is -0.0388. The van der Waals surface area contributed by atoms with Gasteiger partial charge in [-0.15, -0.1) is 0 Å². The summed E-state index contributed by atoms with van der Waals surface area (Å²) in [6.45, 7) is 4.06. The average molecular weight is 401 g/mol. The Bertz CT molecular complexity index is 712. The van der Waals surface area contributed by atoms with Gasteiger partial charge in [0.2, 0.25) is 0 Å². The third-order valence-electron chi connectivity index (χ3n) is 4.49. The zero-order chi connectivity index (χ0) is 20.7. The van der Waals surface area contributed by atoms with E-state index < -0.39 is 0 Å². The van der Waals surface area contributed by atoms with Gasteiger partial charge in [-0.1, -0.05) is 38.3 Å². The lowest BCUT2D eigenvalue weighted by Gasteiger charge is -2.13. The summed E-state index contributed by atoms with van der Waals surface area (Å²) in [5.74, 6) is 1.64. The first-order valence-corrected chi connectivity index (χ1v) is 10.3. The number of ether oxygens (including phenoxy) is 4. The van der Waals surface area contributed by atoms with Crippen molar-refractivity contribution >= 4 is 6.29 Å². The monoisotopic (exact) mass is 400 g/mol. The number of hydrogen-bond acceptors (Lipinski definition) is 5. The number of unbranched alkanes of at least 4 members (excludes halogenated alkanes) is 3. The number of methoxy groups -OCH3 is 1. The number of carbonyl (C=O) groups excluding carboxylic acids is 1. The van der Waals surface area contributed by atoms with E-state index in [1.54, 1.807) is 13.2 Å². The lowest BCUT2D eigenvalue weighted by Crippen LogP contribution is -2.09. The highest BCUT2D eigenvalue weighted by Crippen LogP contribution is 2.24. The molecule has 2 aromatic rings. The molecular formula is C24H32O5. The molecule has 5 nitrogen and oxygen atoms in total. The molecule has 0 saturated heterocycles. The smallest absolute Gasteiger partial charge is 0.150 e. The molecule has 0 atom stereocenters. The molecule has 0 aromatic heterocycles. The highest BCUT2D eigenvalue weighted by atomic mass is 16.7. The number of hydrogen-bond donors (Lipinski definition) is 0. The van der Waals surface area contributed by atoms with Crippen LogP contribution in [0.2, 0.25) is 0 Å². The molecule has 0 radical (unpaired) electrons. The Hall–Kier alpha value is -2.37. The van der Waals surface area contributed by atoms with Crippen molar-refractivity contribution in [3.05, 3.63) is 59.2 Å². The predicted octanol–water partition coefficient (Wildman–Crippen LogP) is 5.05. The molecule has 0 spiro atoms. The number of aldehydes is 1. The second-order valence-corrected chi connectivity index (χ2v) is 6.88. The van der Waals surface area contributed by atoms with Crippen LogP contribution in [0.25, 0.3) is 0 Å². The molecule has 0 heterocycles. The van der Waals surface area contributed by atoms with Gasteiger partial charge in [-0.25, -0.2) is 0 Å². The van der Waals surface area contributed by atoms with Crippen LogP contribution in [0.4, 0.5) is 0 Å². The quantitative estimate of drug-likeness (QED) is 0.238. The average Bonchev–Trinajstić information content (AvgIpc) is 2.75. The van der Waals surface area contributed by atoms with Crippen molar-refractivity contribution in [3.8, 4) is 11.5 Å². The second-order valence-electron chi connectivity index (χ2n) is 6.88. The largest absolute Gasteiger partial charge is 0.494 e. The van der Waals surface area contributed by atoms with E-state index in [4.69, 9.17) is 18.9 Å². The minimum atomic E-state index is 0.243. The van der Waals surface area contributed by atoms with Crippen molar-refractivity contribution in [2.75, 3.05) is 33.7 Å². The van der Waals surface area contributed by atoms with Crippen molar-refractivity contribution < 1.29 is 23.7 Å². The van der Waals surface area contributed by atoms with Crippen molar-refractivity contribution in [3.63, 3.8) is 0 Å². The second kappa shape index (κ2) is 13.7. The van der Waals surface area contributed by atoms with E-state index in [1.165, 1.54) is 19.3 Å². The van der Waals surface area contributed by atoms with Crippen molar-refractivity contribution in [2.24, 2.45) is 0 Å². The first-order valence-electron chi connectivity index (χ1n) is 10.3. The van der Waals surface area contributed by atoms with Crippen molar-refractivity contribution in [2.45, 2.75) is 39.0 Å². The molecule has 0 saturated carbocycles. The van der Waals surface area contributed by atoms with Crippen LogP contribution in [0.15, 0.2) is 42.5 Å². The highest BCUT2D eigenvalue weighted by molar-refractivity contribution is 5.75. The number of rotatable bonds is 15. The summed E-state index contributed by atoms with van der Waals surface area (Å²) in [7, 11) is 1.58. The summed E-state index contributed by atoms with van der Waals surface area (Å²) < 4.78 is 21.8. The van der Waals surface area contributed by atoms with Crippen LogP contribution in [-0.4, -0.2) is 40.0 Å². The Morgan fingerprint density at radius 2 is 1.72 bits per heavy atom. The third kappa shape index (κ3) is 8.67. The zero-order valence-electron chi connectivity index (χ0n) is 17.5. The van der Waals surface area contributed by atoms with Crippen LogP contribution in [-0.2, 0) is 15.9 Å². The molecule has 0 bridgehead atoms. The standard InChI is InChI=1S/C24H32O5/c1-3-4-5-6-13-28-23-10-7-20(8-11-23)16-22-17-21(18-25)9-12-24(22)29-15-14-27-19-26-2/h7-12,17-18H,3-6,13-16,19H2,1-2H3. The van der Waals surface area contributed by atoms with Gasteiger partial charge in [0.15, 0.2) is 0 Å². The number of carbonyl (C=O) groups is 1. The van der Waals surface area contributed by atoms with E-state index in [-0.39, 0.29) is 6.79 Å². The van der Waals surface area contributed by atoms with E-state index in [1.807, 2.05) is 24.3 Å². The summed E-state index contributed by atoms with van der Waals surface area (Å²) >= 11 is 0. The molecule has 0 unspecified atom stereocenters. The summed E-state index contributed by atoms with van der Waals surface area (Å²) in [5.41, 5.74) is 2.73. The van der Waals surface area contributed by atoms with E-state index >= 15 is 0 Å². The molecule has 5 heteroatoms. The maximum absolute atomic E-state index is 11.2. The number of benzene rings is 2. The summed E-state index contributed by atoms with van der Waals surface area (Å²) in [6.07, 6.45) is 6.30. The van der Waals surface area contributed by atoms with Gasteiger partial charge in [0.25, 0.3) is 0 Å². The molecule has 0 fully saturated rings. The summed E-state index contributed by atoms with van der Waals surface area (Å²) in [4.78, 5) is 11.2. The molecule has 158 valence electrons. The van der Waals surface area contributed by atoms with Crippen LogP contribution in [0.5, 0.6) is 11.5 Å². The minimum Gasteiger partial charge on any atom is -0.494 e. The van der Waals surface area contributed by atoms with E-state index in [0.717, 1.165) is 41.9 Å². The fourth-order valence-electron chi connectivity index (χ4n) is 2.95. The van der Waals surface area contributed by atoms with Crippen LogP contribution >= 0.6 is 0 Å². The molecule has 0 amide bonds. The van der Waals surface area contributed by atoms with E-state index in [2.05, 4.69) is 19.1 Å². The molecular weight excluding hydrogens is 368 g/mol. The van der Waals surface area contributed by atoms with Gasteiger partial charge >= 0.3 is 0 Å². The van der Waals surface area contributed by atoms with E-state index in [0.29, 0.717) is 25.2 Å². The van der Waals surface area contributed by atoms with Crippen molar-refractivity contribution in [1.29, 1.82) is 0 Å². The first kappa shape index (κ1) is 22.9. The SMILES string of the molecule is CCCCCCOc1ccc(Cc2cc(C=O)ccc2OCCOCOC)cc1. The fraction of sp³-hybridized carbons (Fsp3) is 0.458. The lowest BCUT2D eigenvalue weighted by atomic mass is 10.0. The van der Waals surface area contributed by atoms with Gasteiger partial charge in [0.05, 0.1) is 13.2 Å². The fourth-order valence-corrected chi connectivity index (χ4v) is 2.95. The molecule has 0 aliphatic carbocycles. The van der Waals surface area contributed by atoms with E-state index in [9.17, 15) is 4.79 Å². The molecule has 29 heavy (non-hydrogen) atoms. The normalized spacial score (nSPS) is 10.7. The molecule has 0 aliphatic rings. The highest BCUT2D eigenvalue weighted by Gasteiger charge is 2.07. The van der Waals surface area contributed by atoms with Gasteiger partial charge in [-0.3, -0.25) is 4.79 Å². The van der Waals surface area contributed by atoms with Crippen LogP contribution in [0, 0.1) is 0 Å². The Balaban J connectivity index is 1.93. The Labute approximate surface area is 173 Å². The third-order valence-corrected chi connectivity index (χ3v) is 4.49. The minimum absolute atomic E-state index is 0.243. The van der Waals surface area contributed by atoms with Crippen LogP contribution in [0.3, 0.4) is 0 Å². The topological polar surface area (TPSA) is 54.0 Å². The van der Waals surface area contributed by atoms with Gasteiger partial charge in [0, 0.05) is 19.1 Å². The Morgan fingerprint density at radius 3 is 2.45 bits per heavy atom. The van der Waals surface area contributed by atoms with Gasteiger partial charge in [-0.2, -0.15) is 0 Å². The first-order chi connectivity index (χ1) is 14.3. The predicted molar refractivity (Wildman–Crippen MR) is 114 cm³/mol. The molecule has 2 aromatic carbocycles. The zero-order valence-corrected chi connectivity index (χ0v) is 17.5. The maximum atomic E-state index is 11.2. The Morgan fingerprint density at radius 1 is 0.897 bits per heavy atom. The maximum Gasteiger partial charge on any atom is 0.150 e. The van der Waals surface area contributed by atoms with Gasteiger partial charge in [0.1, 0.15) is 31.2 Å². The molecule has 2 rings (SSSR count). The summed E-state index contributed by atoms with van der Waals surface area (Å²) in [5, 5.41) is 0. The van der Waals surface area contributed by atoms with Crippen LogP contribution < -0.4 is 9.47 Å². The Kier molecular flexibility index (Phi) is 10.9. The molecule has 0 aliphatic heterocycles. The molecule has 0 N–H and O–H groups in total. The van der Waals surface area contributed by atoms with Gasteiger partial charge < -0.3 is 18.9 Å².